The fourth-order valence-electron chi connectivity index (χ4n) is 2.27. The van der Waals surface area contributed by atoms with Crippen molar-refractivity contribution in [1.29, 1.82) is 0 Å². The van der Waals surface area contributed by atoms with Crippen molar-refractivity contribution in [3.05, 3.63) is 41.2 Å². The molecule has 2 aromatic rings. The number of rotatable bonds is 5. The second-order valence-electron chi connectivity index (χ2n) is 4.98. The minimum Gasteiger partial charge on any atom is -0.467 e. The van der Waals surface area contributed by atoms with Crippen LogP contribution in [0.15, 0.2) is 24.3 Å². The van der Waals surface area contributed by atoms with Crippen LogP contribution in [0.4, 0.5) is 4.39 Å². The van der Waals surface area contributed by atoms with Gasteiger partial charge < -0.3 is 14.5 Å². The normalized spacial score (nSPS) is 10.5. The number of ether oxygens (including phenoxy) is 1. The molecule has 2 rings (SSSR count). The molecule has 0 unspecified atom stereocenters. The monoisotopic (exact) mass is 352 g/mol. The SMILES string of the molecule is C#Cc1c(F)ccc2cc(OCOP(O)O)cc(C(C)C)c12.CC. The summed E-state index contributed by atoms with van der Waals surface area (Å²) in [6, 6.07) is 6.42. The Morgan fingerprint density at radius 1 is 1.25 bits per heavy atom. The molecule has 0 fully saturated rings. The third-order valence-electron chi connectivity index (χ3n) is 3.23. The molecule has 0 aromatic heterocycles. The van der Waals surface area contributed by atoms with Crippen LogP contribution >= 0.6 is 8.60 Å². The van der Waals surface area contributed by atoms with Crippen molar-refractivity contribution in [2.24, 2.45) is 0 Å². The Labute approximate surface area is 143 Å². The molecule has 0 saturated carbocycles. The van der Waals surface area contributed by atoms with Gasteiger partial charge in [0.2, 0.25) is 0 Å². The second-order valence-corrected chi connectivity index (χ2v) is 5.74. The smallest absolute Gasteiger partial charge is 0.330 e. The van der Waals surface area contributed by atoms with Crippen LogP contribution < -0.4 is 4.74 Å². The van der Waals surface area contributed by atoms with E-state index in [0.717, 1.165) is 10.9 Å². The first-order chi connectivity index (χ1) is 11.4. The molecule has 0 radical (unpaired) electrons. The number of benzene rings is 2. The van der Waals surface area contributed by atoms with Gasteiger partial charge in [0.25, 0.3) is 0 Å². The van der Waals surface area contributed by atoms with Gasteiger partial charge in [-0.25, -0.2) is 4.39 Å². The summed E-state index contributed by atoms with van der Waals surface area (Å²) in [7, 11) is -2.46. The lowest BCUT2D eigenvalue weighted by atomic mass is 9.92. The Kier molecular flexibility index (Phi) is 8.10. The van der Waals surface area contributed by atoms with Crippen molar-refractivity contribution in [2.75, 3.05) is 6.79 Å². The molecular weight excluding hydrogens is 330 g/mol. The maximum absolute atomic E-state index is 13.9. The van der Waals surface area contributed by atoms with Crippen LogP contribution in [0.1, 0.15) is 44.7 Å². The minimum absolute atomic E-state index is 0.105. The van der Waals surface area contributed by atoms with E-state index in [1.165, 1.54) is 6.07 Å². The predicted octanol–water partition coefficient (Wildman–Crippen LogP) is 4.67. The highest BCUT2D eigenvalue weighted by Crippen LogP contribution is 2.34. The van der Waals surface area contributed by atoms with Crippen molar-refractivity contribution in [3.63, 3.8) is 0 Å². The summed E-state index contributed by atoms with van der Waals surface area (Å²) in [5, 5.41) is 1.45. The van der Waals surface area contributed by atoms with E-state index in [-0.39, 0.29) is 18.3 Å². The summed E-state index contributed by atoms with van der Waals surface area (Å²) in [4.78, 5) is 17.4. The van der Waals surface area contributed by atoms with Gasteiger partial charge in [0.1, 0.15) is 11.6 Å². The lowest BCUT2D eigenvalue weighted by Gasteiger charge is -2.15. The molecule has 0 bridgehead atoms. The quantitative estimate of drug-likeness (QED) is 0.466. The van der Waals surface area contributed by atoms with Gasteiger partial charge in [-0.15, -0.1) is 6.42 Å². The Bertz CT molecular complexity index is 723. The summed E-state index contributed by atoms with van der Waals surface area (Å²) in [5.41, 5.74) is 1.09. The summed E-state index contributed by atoms with van der Waals surface area (Å²) in [5.74, 6) is 2.57. The van der Waals surface area contributed by atoms with Crippen molar-refractivity contribution >= 4 is 19.4 Å². The van der Waals surface area contributed by atoms with E-state index in [1.54, 1.807) is 18.2 Å². The van der Waals surface area contributed by atoms with Gasteiger partial charge in [-0.1, -0.05) is 39.7 Å². The van der Waals surface area contributed by atoms with Gasteiger partial charge in [0.05, 0.1) is 5.56 Å². The molecule has 2 aromatic carbocycles. The molecule has 6 heteroatoms. The van der Waals surface area contributed by atoms with Gasteiger partial charge in [0, 0.05) is 5.39 Å². The topological polar surface area (TPSA) is 58.9 Å². The molecular formula is C18H22FO4P. The van der Waals surface area contributed by atoms with Gasteiger partial charge in [-0.2, -0.15) is 0 Å². The standard InChI is InChI=1S/C16H16FO4P.C2H6/c1-4-13-15(17)6-5-11-7-12(20-9-21-22(18)19)8-14(10(2)3)16(11)13;1-2/h1,5-8,10,18-19H,9H2,2-3H3;1-2H3. The summed E-state index contributed by atoms with van der Waals surface area (Å²) in [6.07, 6.45) is 5.44. The van der Waals surface area contributed by atoms with Gasteiger partial charge in [0.15, 0.2) is 6.79 Å². The highest BCUT2D eigenvalue weighted by molar-refractivity contribution is 7.39. The van der Waals surface area contributed by atoms with E-state index < -0.39 is 14.4 Å². The summed E-state index contributed by atoms with van der Waals surface area (Å²) < 4.78 is 23.8. The number of hydrogen-bond acceptors (Lipinski definition) is 4. The summed E-state index contributed by atoms with van der Waals surface area (Å²) in [6.45, 7) is 7.66. The number of halogens is 1. The van der Waals surface area contributed by atoms with Crippen LogP contribution in [0.5, 0.6) is 5.75 Å². The second kappa shape index (κ2) is 9.56. The molecule has 24 heavy (non-hydrogen) atoms. The van der Waals surface area contributed by atoms with Crippen LogP contribution in [0.3, 0.4) is 0 Å². The van der Waals surface area contributed by atoms with Crippen molar-refractivity contribution in [1.82, 2.24) is 0 Å². The molecule has 2 N–H and O–H groups in total. The Hall–Kier alpha value is -1.70. The zero-order chi connectivity index (χ0) is 18.3. The average molecular weight is 352 g/mol. The third kappa shape index (κ3) is 4.90. The van der Waals surface area contributed by atoms with E-state index in [9.17, 15) is 4.39 Å². The molecule has 0 atom stereocenters. The predicted molar refractivity (Wildman–Crippen MR) is 95.2 cm³/mol. The Balaban J connectivity index is 0.00000139. The first-order valence-corrected chi connectivity index (χ1v) is 8.77. The van der Waals surface area contributed by atoms with Crippen LogP contribution in [-0.2, 0) is 4.52 Å². The number of fused-ring (bicyclic) bond motifs is 1. The van der Waals surface area contributed by atoms with Crippen LogP contribution in [-0.4, -0.2) is 16.6 Å². The maximum atomic E-state index is 13.9. The van der Waals surface area contributed by atoms with Crippen molar-refractivity contribution in [2.45, 2.75) is 33.6 Å². The van der Waals surface area contributed by atoms with Crippen LogP contribution in [0.2, 0.25) is 0 Å². The molecule has 0 amide bonds. The lowest BCUT2D eigenvalue weighted by Crippen LogP contribution is -2.01. The van der Waals surface area contributed by atoms with Gasteiger partial charge in [-0.05, 0) is 35.1 Å². The fraction of sp³-hybridized carbons (Fsp3) is 0.333. The van der Waals surface area contributed by atoms with Crippen LogP contribution in [0, 0.1) is 18.2 Å². The molecule has 0 spiro atoms. The fourth-order valence-corrected chi connectivity index (χ4v) is 2.41. The molecule has 130 valence electrons. The van der Waals surface area contributed by atoms with Crippen molar-refractivity contribution < 1.29 is 23.4 Å². The third-order valence-corrected chi connectivity index (χ3v) is 3.57. The average Bonchev–Trinajstić information content (AvgIpc) is 2.55. The number of terminal acetylenes is 1. The van der Waals surface area contributed by atoms with E-state index >= 15 is 0 Å². The minimum atomic E-state index is -2.46. The highest BCUT2D eigenvalue weighted by Gasteiger charge is 2.14. The summed E-state index contributed by atoms with van der Waals surface area (Å²) >= 11 is 0. The van der Waals surface area contributed by atoms with E-state index in [4.69, 9.17) is 20.9 Å². The first-order valence-electron chi connectivity index (χ1n) is 7.60. The van der Waals surface area contributed by atoms with E-state index in [0.29, 0.717) is 11.1 Å². The Morgan fingerprint density at radius 3 is 2.46 bits per heavy atom. The van der Waals surface area contributed by atoms with E-state index in [1.807, 2.05) is 27.7 Å². The zero-order valence-corrected chi connectivity index (χ0v) is 15.1. The van der Waals surface area contributed by atoms with Gasteiger partial charge >= 0.3 is 8.60 Å². The maximum Gasteiger partial charge on any atom is 0.330 e. The van der Waals surface area contributed by atoms with Crippen molar-refractivity contribution in [3.8, 4) is 18.1 Å². The Morgan fingerprint density at radius 2 is 1.92 bits per heavy atom. The lowest BCUT2D eigenvalue weighted by molar-refractivity contribution is 0.105. The number of hydrogen-bond donors (Lipinski definition) is 2. The van der Waals surface area contributed by atoms with E-state index in [2.05, 4.69) is 10.4 Å². The molecule has 4 nitrogen and oxygen atoms in total. The first kappa shape index (κ1) is 20.3. The largest absolute Gasteiger partial charge is 0.467 e. The van der Waals surface area contributed by atoms with Gasteiger partial charge in [-0.3, -0.25) is 4.52 Å². The molecule has 0 aliphatic rings. The molecule has 0 aliphatic heterocycles. The highest BCUT2D eigenvalue weighted by atomic mass is 31.2. The molecule has 0 saturated heterocycles. The molecule has 0 aliphatic carbocycles. The van der Waals surface area contributed by atoms with Crippen LogP contribution in [0.25, 0.3) is 10.8 Å². The zero-order valence-electron chi connectivity index (χ0n) is 14.2. The molecule has 0 heterocycles.